The summed E-state index contributed by atoms with van der Waals surface area (Å²) < 4.78 is 5.83. The summed E-state index contributed by atoms with van der Waals surface area (Å²) in [7, 11) is 0. The highest BCUT2D eigenvalue weighted by Gasteiger charge is 2.24. The molecule has 1 N–H and O–H groups in total. The second-order valence-electron chi connectivity index (χ2n) is 8.70. The number of thiol groups is 1. The lowest BCUT2D eigenvalue weighted by atomic mass is 10.2. The van der Waals surface area contributed by atoms with E-state index in [1.807, 2.05) is 30.3 Å². The Morgan fingerprint density at radius 1 is 1.06 bits per heavy atom. The van der Waals surface area contributed by atoms with Gasteiger partial charge < -0.3 is 15.0 Å². The monoisotopic (exact) mass is 486 g/mol. The summed E-state index contributed by atoms with van der Waals surface area (Å²) in [5, 5.41) is 3.82. The first kappa shape index (κ1) is 23.2. The summed E-state index contributed by atoms with van der Waals surface area (Å²) in [6.07, 6.45) is 3.78. The first-order valence-electron chi connectivity index (χ1n) is 11.5. The number of carbonyl (C=O) groups excluding carboxylic acids is 1. The first-order valence-corrected chi connectivity index (χ1v) is 12.0. The van der Waals surface area contributed by atoms with Gasteiger partial charge in [-0.2, -0.15) is 0 Å². The largest absolute Gasteiger partial charge is 0.372 e. The summed E-state index contributed by atoms with van der Waals surface area (Å²) in [6, 6.07) is 14.8. The molecule has 1 aliphatic heterocycles. The molecule has 0 spiro atoms. The standard InChI is InChI=1S/C26H26N6O2S/c1-16-14-32(15-17(2)34-16)26-27-9-8-23(31-26)22-7-6-19-12-28-20(11-24(19)30-22)13-29-25(33)18-4-3-5-21(35)10-18/h3-12,16-17,35H,13-15H2,1-2H3,(H,29,33). The van der Waals surface area contributed by atoms with Crippen LogP contribution in [-0.2, 0) is 11.3 Å². The Bertz CT molecular complexity index is 1370. The summed E-state index contributed by atoms with van der Waals surface area (Å²) >= 11 is 4.29. The van der Waals surface area contributed by atoms with Gasteiger partial charge in [-0.25, -0.2) is 15.0 Å². The second kappa shape index (κ2) is 9.97. The molecular weight excluding hydrogens is 460 g/mol. The third-order valence-corrected chi connectivity index (χ3v) is 6.05. The van der Waals surface area contributed by atoms with E-state index >= 15 is 0 Å². The van der Waals surface area contributed by atoms with E-state index in [1.54, 1.807) is 30.6 Å². The molecule has 9 heteroatoms. The number of benzene rings is 1. The van der Waals surface area contributed by atoms with Gasteiger partial charge in [0, 0.05) is 41.3 Å². The molecule has 2 atom stereocenters. The average Bonchev–Trinajstić information content (AvgIpc) is 2.86. The zero-order valence-electron chi connectivity index (χ0n) is 19.5. The van der Waals surface area contributed by atoms with Crippen molar-refractivity contribution in [2.24, 2.45) is 0 Å². The van der Waals surface area contributed by atoms with Gasteiger partial charge in [-0.15, -0.1) is 12.6 Å². The maximum absolute atomic E-state index is 12.5. The Hall–Kier alpha value is -3.56. The number of carbonyl (C=O) groups is 1. The summed E-state index contributed by atoms with van der Waals surface area (Å²) in [5.74, 6) is 0.500. The zero-order chi connectivity index (χ0) is 24.4. The van der Waals surface area contributed by atoms with Crippen molar-refractivity contribution in [2.75, 3.05) is 18.0 Å². The van der Waals surface area contributed by atoms with Crippen molar-refractivity contribution < 1.29 is 9.53 Å². The van der Waals surface area contributed by atoms with Crippen LogP contribution in [0, 0.1) is 0 Å². The molecule has 2 unspecified atom stereocenters. The fourth-order valence-corrected chi connectivity index (χ4v) is 4.43. The molecule has 0 aliphatic carbocycles. The van der Waals surface area contributed by atoms with Crippen molar-refractivity contribution in [1.82, 2.24) is 25.3 Å². The molecule has 35 heavy (non-hydrogen) atoms. The first-order chi connectivity index (χ1) is 16.9. The van der Waals surface area contributed by atoms with Gasteiger partial charge in [0.1, 0.15) is 0 Å². The van der Waals surface area contributed by atoms with Crippen LogP contribution >= 0.6 is 12.6 Å². The van der Waals surface area contributed by atoms with Crippen LogP contribution in [0.25, 0.3) is 22.3 Å². The molecule has 1 fully saturated rings. The molecule has 4 heterocycles. The van der Waals surface area contributed by atoms with Crippen molar-refractivity contribution in [3.05, 3.63) is 72.2 Å². The smallest absolute Gasteiger partial charge is 0.251 e. The van der Waals surface area contributed by atoms with Crippen molar-refractivity contribution in [3.63, 3.8) is 0 Å². The third kappa shape index (κ3) is 5.41. The fourth-order valence-electron chi connectivity index (χ4n) is 4.20. The minimum atomic E-state index is -0.176. The van der Waals surface area contributed by atoms with Gasteiger partial charge in [0.25, 0.3) is 5.91 Å². The number of rotatable bonds is 5. The van der Waals surface area contributed by atoms with Crippen LogP contribution in [0.15, 0.2) is 65.8 Å². The average molecular weight is 487 g/mol. The number of nitrogens with zero attached hydrogens (tertiary/aromatic N) is 5. The van der Waals surface area contributed by atoms with Crippen LogP contribution in [-0.4, -0.2) is 51.1 Å². The number of nitrogens with one attached hydrogen (secondary N) is 1. The van der Waals surface area contributed by atoms with Crippen molar-refractivity contribution in [2.45, 2.75) is 37.5 Å². The number of amides is 1. The van der Waals surface area contributed by atoms with Crippen LogP contribution in [0.1, 0.15) is 29.9 Å². The molecule has 1 saturated heterocycles. The predicted molar refractivity (Wildman–Crippen MR) is 138 cm³/mol. The van der Waals surface area contributed by atoms with Crippen molar-refractivity contribution in [3.8, 4) is 11.4 Å². The zero-order valence-corrected chi connectivity index (χ0v) is 20.4. The van der Waals surface area contributed by atoms with Gasteiger partial charge in [-0.3, -0.25) is 9.78 Å². The number of aromatic nitrogens is 4. The highest BCUT2D eigenvalue weighted by atomic mass is 32.1. The Morgan fingerprint density at radius 2 is 1.86 bits per heavy atom. The number of anilines is 1. The lowest BCUT2D eigenvalue weighted by molar-refractivity contribution is -0.00571. The molecule has 0 saturated carbocycles. The molecule has 3 aromatic heterocycles. The number of hydrogen-bond donors (Lipinski definition) is 2. The molecule has 4 aromatic rings. The number of fused-ring (bicyclic) bond motifs is 1. The van der Waals surface area contributed by atoms with Crippen molar-refractivity contribution >= 4 is 35.4 Å². The van der Waals surface area contributed by atoms with Crippen LogP contribution in [0.3, 0.4) is 0 Å². The normalized spacial score (nSPS) is 18.0. The molecule has 1 aliphatic rings. The lowest BCUT2D eigenvalue weighted by Crippen LogP contribution is -2.46. The maximum atomic E-state index is 12.5. The SMILES string of the molecule is CC1CN(c2nccc(-c3ccc4cnc(CNC(=O)c5cccc(S)c5)cc4n3)n2)CC(C)O1. The minimum Gasteiger partial charge on any atom is -0.372 e. The summed E-state index contributed by atoms with van der Waals surface area (Å²) in [4.78, 5) is 33.9. The fraction of sp³-hybridized carbons (Fsp3) is 0.269. The molecule has 0 bridgehead atoms. The van der Waals surface area contributed by atoms with Gasteiger partial charge in [0.15, 0.2) is 0 Å². The van der Waals surface area contributed by atoms with E-state index in [0.29, 0.717) is 18.1 Å². The van der Waals surface area contributed by atoms with Crippen LogP contribution < -0.4 is 10.2 Å². The van der Waals surface area contributed by atoms with Crippen molar-refractivity contribution in [1.29, 1.82) is 0 Å². The lowest BCUT2D eigenvalue weighted by Gasteiger charge is -2.35. The van der Waals surface area contributed by atoms with E-state index in [9.17, 15) is 4.79 Å². The van der Waals surface area contributed by atoms with Gasteiger partial charge in [0.2, 0.25) is 5.95 Å². The predicted octanol–water partition coefficient (Wildman–Crippen LogP) is 3.92. The topological polar surface area (TPSA) is 93.1 Å². The van der Waals surface area contributed by atoms with E-state index in [2.05, 4.69) is 46.7 Å². The molecule has 8 nitrogen and oxygen atoms in total. The van der Waals surface area contributed by atoms with Crippen LogP contribution in [0.4, 0.5) is 5.95 Å². The summed E-state index contributed by atoms with van der Waals surface area (Å²) in [6.45, 7) is 5.91. The summed E-state index contributed by atoms with van der Waals surface area (Å²) in [5.41, 5.74) is 3.57. The van der Waals surface area contributed by atoms with Crippen LogP contribution in [0.2, 0.25) is 0 Å². The van der Waals surface area contributed by atoms with Gasteiger partial charge in [-0.1, -0.05) is 6.07 Å². The van der Waals surface area contributed by atoms with E-state index in [-0.39, 0.29) is 18.1 Å². The molecule has 1 aromatic carbocycles. The molecule has 5 rings (SSSR count). The third-order valence-electron chi connectivity index (χ3n) is 5.78. The van der Waals surface area contributed by atoms with E-state index in [4.69, 9.17) is 14.7 Å². The van der Waals surface area contributed by atoms with Gasteiger partial charge in [-0.05, 0) is 56.3 Å². The van der Waals surface area contributed by atoms with Gasteiger partial charge in [0.05, 0.1) is 41.4 Å². The molecular formula is C26H26N6O2S. The number of hydrogen-bond acceptors (Lipinski definition) is 8. The minimum absolute atomic E-state index is 0.123. The number of morpholine rings is 1. The van der Waals surface area contributed by atoms with E-state index in [1.165, 1.54) is 0 Å². The van der Waals surface area contributed by atoms with E-state index in [0.717, 1.165) is 46.0 Å². The number of ether oxygens (including phenoxy) is 1. The molecule has 1 amide bonds. The Balaban J connectivity index is 1.35. The Morgan fingerprint density at radius 3 is 2.66 bits per heavy atom. The highest BCUT2D eigenvalue weighted by molar-refractivity contribution is 7.80. The second-order valence-corrected chi connectivity index (χ2v) is 9.22. The number of pyridine rings is 2. The van der Waals surface area contributed by atoms with Crippen LogP contribution in [0.5, 0.6) is 0 Å². The molecule has 0 radical (unpaired) electrons. The Kier molecular flexibility index (Phi) is 6.61. The Labute approximate surface area is 209 Å². The molecule has 178 valence electrons. The highest BCUT2D eigenvalue weighted by Crippen LogP contribution is 2.23. The quantitative estimate of drug-likeness (QED) is 0.413. The maximum Gasteiger partial charge on any atom is 0.251 e. The van der Waals surface area contributed by atoms with Gasteiger partial charge >= 0.3 is 0 Å². The van der Waals surface area contributed by atoms with E-state index < -0.39 is 0 Å².